The molecule has 0 saturated carbocycles. The summed E-state index contributed by atoms with van der Waals surface area (Å²) in [7, 11) is 0. The minimum atomic E-state index is -0.531. The van der Waals surface area contributed by atoms with Crippen LogP contribution in [0.25, 0.3) is 0 Å². The summed E-state index contributed by atoms with van der Waals surface area (Å²) in [5.41, 5.74) is 1.83. The van der Waals surface area contributed by atoms with E-state index in [0.29, 0.717) is 17.9 Å². The predicted molar refractivity (Wildman–Crippen MR) is 61.7 cm³/mol. The molecule has 2 aromatic rings. The minimum absolute atomic E-state index is 0.179. The maximum atomic E-state index is 10.6. The van der Waals surface area contributed by atoms with E-state index in [1.165, 1.54) is 16.9 Å². The Morgan fingerprint density at radius 2 is 2.33 bits per heavy atom. The highest BCUT2D eigenvalue weighted by Gasteiger charge is 2.15. The van der Waals surface area contributed by atoms with Crippen molar-refractivity contribution in [2.45, 2.75) is 13.5 Å². The highest BCUT2D eigenvalue weighted by Crippen LogP contribution is 2.13. The molecule has 2 rings (SSSR count). The van der Waals surface area contributed by atoms with Gasteiger partial charge in [-0.2, -0.15) is 9.94 Å². The third kappa shape index (κ3) is 2.32. The number of nitro groups is 1. The van der Waals surface area contributed by atoms with Crippen molar-refractivity contribution < 1.29 is 4.92 Å². The van der Waals surface area contributed by atoms with Crippen LogP contribution in [0.5, 0.6) is 0 Å². The van der Waals surface area contributed by atoms with Crippen LogP contribution < -0.4 is 0 Å². The lowest BCUT2D eigenvalue weighted by Gasteiger charge is -2.00. The van der Waals surface area contributed by atoms with Crippen molar-refractivity contribution in [3.63, 3.8) is 0 Å². The molecule has 7 heteroatoms. The second-order valence-corrected chi connectivity index (χ2v) is 3.72. The molecule has 0 atom stereocenters. The van der Waals surface area contributed by atoms with Crippen molar-refractivity contribution in [3.05, 3.63) is 51.5 Å². The summed E-state index contributed by atoms with van der Waals surface area (Å²) in [5.74, 6) is -0.179. The maximum Gasteiger partial charge on any atom is 0.390 e. The molecule has 0 fully saturated rings. The van der Waals surface area contributed by atoms with Gasteiger partial charge in [-0.3, -0.25) is 0 Å². The zero-order valence-electron chi connectivity index (χ0n) is 9.57. The standard InChI is InChI=1S/C11H9N5O2/c1-8-4-11(16(17)18)14-15(8)7-9-2-3-13-10(5-9)6-12/h2-5H,7H2,1H3. The van der Waals surface area contributed by atoms with E-state index in [4.69, 9.17) is 5.26 Å². The van der Waals surface area contributed by atoms with E-state index >= 15 is 0 Å². The lowest BCUT2D eigenvalue weighted by molar-refractivity contribution is -0.389. The SMILES string of the molecule is Cc1cc([N+](=O)[O-])nn1Cc1ccnc(C#N)c1. The monoisotopic (exact) mass is 243 g/mol. The van der Waals surface area contributed by atoms with Gasteiger partial charge in [-0.25, -0.2) is 4.98 Å². The van der Waals surface area contributed by atoms with Gasteiger partial charge in [-0.1, -0.05) is 0 Å². The number of pyridine rings is 1. The molecule has 2 aromatic heterocycles. The molecule has 7 nitrogen and oxygen atoms in total. The number of nitrogens with zero attached hydrogens (tertiary/aromatic N) is 5. The molecule has 0 aliphatic carbocycles. The zero-order valence-corrected chi connectivity index (χ0v) is 9.57. The summed E-state index contributed by atoms with van der Waals surface area (Å²) in [6.45, 7) is 2.11. The van der Waals surface area contributed by atoms with Crippen molar-refractivity contribution in [1.82, 2.24) is 14.8 Å². The molecule has 0 saturated heterocycles. The van der Waals surface area contributed by atoms with Gasteiger partial charge in [0.15, 0.2) is 0 Å². The van der Waals surface area contributed by atoms with E-state index in [2.05, 4.69) is 10.1 Å². The van der Waals surface area contributed by atoms with E-state index in [1.807, 2.05) is 6.07 Å². The number of hydrogen-bond acceptors (Lipinski definition) is 5. The van der Waals surface area contributed by atoms with Crippen LogP contribution in [-0.4, -0.2) is 19.7 Å². The summed E-state index contributed by atoms with van der Waals surface area (Å²) >= 11 is 0. The van der Waals surface area contributed by atoms with Crippen molar-refractivity contribution in [2.24, 2.45) is 0 Å². The highest BCUT2D eigenvalue weighted by molar-refractivity contribution is 5.27. The molecule has 0 spiro atoms. The van der Waals surface area contributed by atoms with E-state index in [-0.39, 0.29) is 5.82 Å². The fourth-order valence-electron chi connectivity index (χ4n) is 1.55. The third-order valence-corrected chi connectivity index (χ3v) is 2.43. The van der Waals surface area contributed by atoms with Gasteiger partial charge in [-0.05, 0) is 29.5 Å². The van der Waals surface area contributed by atoms with Crippen molar-refractivity contribution in [2.75, 3.05) is 0 Å². The first kappa shape index (κ1) is 11.7. The summed E-state index contributed by atoms with van der Waals surface area (Å²) in [4.78, 5) is 13.9. The summed E-state index contributed by atoms with van der Waals surface area (Å²) in [6, 6.07) is 6.73. The number of aryl methyl sites for hydroxylation is 1. The molecule has 0 bridgehead atoms. The average molecular weight is 243 g/mol. The van der Waals surface area contributed by atoms with E-state index in [1.54, 1.807) is 19.1 Å². The van der Waals surface area contributed by atoms with Crippen molar-refractivity contribution in [3.8, 4) is 6.07 Å². The van der Waals surface area contributed by atoms with E-state index in [0.717, 1.165) is 5.56 Å². The van der Waals surface area contributed by atoms with Gasteiger partial charge in [0.25, 0.3) is 0 Å². The number of rotatable bonds is 3. The van der Waals surface area contributed by atoms with Gasteiger partial charge in [-0.15, -0.1) is 0 Å². The van der Waals surface area contributed by atoms with Crippen LogP contribution in [0.15, 0.2) is 24.4 Å². The van der Waals surface area contributed by atoms with Gasteiger partial charge in [0, 0.05) is 6.20 Å². The number of hydrogen-bond donors (Lipinski definition) is 0. The Bertz CT molecular complexity index is 641. The second kappa shape index (κ2) is 4.63. The molecule has 0 aliphatic heterocycles. The smallest absolute Gasteiger partial charge is 0.358 e. The van der Waals surface area contributed by atoms with Gasteiger partial charge in [0.05, 0.1) is 23.4 Å². The maximum absolute atomic E-state index is 10.6. The summed E-state index contributed by atoms with van der Waals surface area (Å²) in [5, 5.41) is 23.2. The van der Waals surface area contributed by atoms with Crippen LogP contribution in [0.4, 0.5) is 5.82 Å². The highest BCUT2D eigenvalue weighted by atomic mass is 16.6. The van der Waals surface area contributed by atoms with Gasteiger partial charge >= 0.3 is 5.82 Å². The summed E-state index contributed by atoms with van der Waals surface area (Å²) in [6.07, 6.45) is 1.53. The molecule has 90 valence electrons. The Morgan fingerprint density at radius 1 is 1.56 bits per heavy atom. The summed E-state index contributed by atoms with van der Waals surface area (Å²) < 4.78 is 1.52. The fraction of sp³-hybridized carbons (Fsp3) is 0.182. The number of nitriles is 1. The second-order valence-electron chi connectivity index (χ2n) is 3.72. The van der Waals surface area contributed by atoms with E-state index in [9.17, 15) is 10.1 Å². The molecule has 0 unspecified atom stereocenters. The Balaban J connectivity index is 2.28. The first-order valence-corrected chi connectivity index (χ1v) is 5.14. The average Bonchev–Trinajstić information content (AvgIpc) is 2.71. The largest absolute Gasteiger partial charge is 0.390 e. The van der Waals surface area contributed by atoms with Crippen molar-refractivity contribution in [1.29, 1.82) is 5.26 Å². The Hall–Kier alpha value is -2.75. The number of aromatic nitrogens is 3. The molecule has 0 N–H and O–H groups in total. The molecular weight excluding hydrogens is 234 g/mol. The Labute approximate surface area is 102 Å². The van der Waals surface area contributed by atoms with Gasteiger partial charge < -0.3 is 10.1 Å². The van der Waals surface area contributed by atoms with E-state index < -0.39 is 4.92 Å². The van der Waals surface area contributed by atoms with Crippen molar-refractivity contribution >= 4 is 5.82 Å². The lowest BCUT2D eigenvalue weighted by atomic mass is 10.2. The Kier molecular flexibility index (Phi) is 3.02. The normalized spacial score (nSPS) is 10.0. The first-order chi connectivity index (χ1) is 8.60. The molecule has 2 heterocycles. The predicted octanol–water partition coefficient (Wildman–Crippen LogP) is 1.41. The van der Waals surface area contributed by atoms with Gasteiger partial charge in [0.1, 0.15) is 11.8 Å². The molecule has 0 aliphatic rings. The Morgan fingerprint density at radius 3 is 2.94 bits per heavy atom. The minimum Gasteiger partial charge on any atom is -0.358 e. The van der Waals surface area contributed by atoms with Crippen LogP contribution in [0.2, 0.25) is 0 Å². The third-order valence-electron chi connectivity index (χ3n) is 2.43. The molecule has 0 aromatic carbocycles. The molecule has 0 radical (unpaired) electrons. The first-order valence-electron chi connectivity index (χ1n) is 5.14. The fourth-order valence-corrected chi connectivity index (χ4v) is 1.55. The molecular formula is C11H9N5O2. The molecule has 0 amide bonds. The topological polar surface area (TPSA) is 97.6 Å². The van der Waals surface area contributed by atoms with Crippen LogP contribution in [0, 0.1) is 28.4 Å². The van der Waals surface area contributed by atoms with Gasteiger partial charge in [0.2, 0.25) is 0 Å². The van der Waals surface area contributed by atoms with Crippen LogP contribution >= 0.6 is 0 Å². The quantitative estimate of drug-likeness (QED) is 0.599. The van der Waals surface area contributed by atoms with Crippen LogP contribution in [0.3, 0.4) is 0 Å². The van der Waals surface area contributed by atoms with Crippen LogP contribution in [-0.2, 0) is 6.54 Å². The zero-order chi connectivity index (χ0) is 13.1. The van der Waals surface area contributed by atoms with Crippen LogP contribution in [0.1, 0.15) is 17.0 Å². The lowest BCUT2D eigenvalue weighted by Crippen LogP contribution is -2.04. The molecule has 18 heavy (non-hydrogen) atoms.